The summed E-state index contributed by atoms with van der Waals surface area (Å²) in [6.07, 6.45) is 0.366. The Kier molecular flexibility index (Phi) is 10.2. The lowest BCUT2D eigenvalue weighted by atomic mass is 10.1. The van der Waals surface area contributed by atoms with E-state index in [0.29, 0.717) is 17.1 Å². The van der Waals surface area contributed by atoms with Gasteiger partial charge in [-0.25, -0.2) is 8.42 Å². The molecular weight excluding hydrogens is 534 g/mol. The standard InChI is InChI=1S/C30H36ClN3O4S/c1-6-28(30(36)32-21(2)3)33(19-24-11-7-22(4)8-12-24)29(35)20-34(26-15-9-23(5)10-16-26)39(37,38)27-17-13-25(31)14-18-27/h7-18,21,28H,6,19-20H2,1-5H3,(H,32,36). The second-order valence-corrected chi connectivity index (χ2v) is 12.2. The highest BCUT2D eigenvalue weighted by molar-refractivity contribution is 7.92. The number of benzene rings is 3. The number of halogens is 1. The minimum atomic E-state index is -4.14. The molecule has 0 spiro atoms. The Morgan fingerprint density at radius 3 is 1.92 bits per heavy atom. The third-order valence-electron chi connectivity index (χ3n) is 6.29. The van der Waals surface area contributed by atoms with Gasteiger partial charge in [0.2, 0.25) is 11.8 Å². The van der Waals surface area contributed by atoms with Crippen molar-refractivity contribution in [3.05, 3.63) is 94.5 Å². The molecule has 0 aliphatic heterocycles. The third-order valence-corrected chi connectivity index (χ3v) is 8.33. The largest absolute Gasteiger partial charge is 0.352 e. The molecule has 3 rings (SSSR count). The first-order valence-corrected chi connectivity index (χ1v) is 14.7. The van der Waals surface area contributed by atoms with Crippen LogP contribution in [0.15, 0.2) is 77.7 Å². The number of hydrogen-bond donors (Lipinski definition) is 1. The number of sulfonamides is 1. The van der Waals surface area contributed by atoms with Crippen LogP contribution in [0.25, 0.3) is 0 Å². The Morgan fingerprint density at radius 2 is 1.41 bits per heavy atom. The molecule has 2 amide bonds. The summed E-state index contributed by atoms with van der Waals surface area (Å²) < 4.78 is 28.8. The van der Waals surface area contributed by atoms with Gasteiger partial charge in [-0.15, -0.1) is 0 Å². The summed E-state index contributed by atoms with van der Waals surface area (Å²) in [4.78, 5) is 28.7. The summed E-state index contributed by atoms with van der Waals surface area (Å²) in [5, 5.41) is 3.30. The van der Waals surface area contributed by atoms with Gasteiger partial charge in [-0.1, -0.05) is 66.0 Å². The van der Waals surface area contributed by atoms with Crippen LogP contribution in [0.3, 0.4) is 0 Å². The van der Waals surface area contributed by atoms with Gasteiger partial charge in [0.1, 0.15) is 12.6 Å². The molecule has 1 N–H and O–H groups in total. The van der Waals surface area contributed by atoms with E-state index in [1.807, 2.05) is 58.9 Å². The van der Waals surface area contributed by atoms with Crippen LogP contribution in [0.4, 0.5) is 5.69 Å². The van der Waals surface area contributed by atoms with Gasteiger partial charge >= 0.3 is 0 Å². The fraction of sp³-hybridized carbons (Fsp3) is 0.333. The van der Waals surface area contributed by atoms with E-state index in [9.17, 15) is 18.0 Å². The quantitative estimate of drug-likeness (QED) is 0.331. The number of carbonyl (C=O) groups is 2. The first kappa shape index (κ1) is 30.2. The Morgan fingerprint density at radius 1 is 0.872 bits per heavy atom. The highest BCUT2D eigenvalue weighted by Gasteiger charge is 2.33. The molecule has 39 heavy (non-hydrogen) atoms. The molecule has 1 unspecified atom stereocenters. The predicted molar refractivity (Wildman–Crippen MR) is 156 cm³/mol. The molecule has 3 aromatic rings. The average Bonchev–Trinajstić information content (AvgIpc) is 2.88. The van der Waals surface area contributed by atoms with Crippen molar-refractivity contribution < 1.29 is 18.0 Å². The summed E-state index contributed by atoms with van der Waals surface area (Å²) in [5.41, 5.74) is 3.21. The number of nitrogens with zero attached hydrogens (tertiary/aromatic N) is 2. The van der Waals surface area contributed by atoms with E-state index in [1.165, 1.54) is 29.2 Å². The molecule has 1 atom stereocenters. The highest BCUT2D eigenvalue weighted by Crippen LogP contribution is 2.26. The van der Waals surface area contributed by atoms with Crippen molar-refractivity contribution in [3.63, 3.8) is 0 Å². The summed E-state index contributed by atoms with van der Waals surface area (Å²) in [5.74, 6) is -0.769. The van der Waals surface area contributed by atoms with E-state index >= 15 is 0 Å². The van der Waals surface area contributed by atoms with E-state index < -0.39 is 28.5 Å². The molecule has 3 aromatic carbocycles. The number of rotatable bonds is 11. The lowest BCUT2D eigenvalue weighted by Gasteiger charge is -2.33. The van der Waals surface area contributed by atoms with Crippen molar-refractivity contribution in [2.45, 2.75) is 64.6 Å². The zero-order chi connectivity index (χ0) is 28.7. The van der Waals surface area contributed by atoms with Crippen molar-refractivity contribution in [1.29, 1.82) is 0 Å². The van der Waals surface area contributed by atoms with Crippen LogP contribution in [-0.4, -0.2) is 43.8 Å². The van der Waals surface area contributed by atoms with Crippen molar-refractivity contribution in [2.24, 2.45) is 0 Å². The molecule has 0 aliphatic rings. The summed E-state index contributed by atoms with van der Waals surface area (Å²) >= 11 is 6.00. The van der Waals surface area contributed by atoms with Crippen LogP contribution in [0.1, 0.15) is 43.9 Å². The fourth-order valence-electron chi connectivity index (χ4n) is 4.16. The third kappa shape index (κ3) is 7.83. The van der Waals surface area contributed by atoms with Gasteiger partial charge in [0, 0.05) is 17.6 Å². The molecule has 0 fully saturated rings. The van der Waals surface area contributed by atoms with E-state index in [2.05, 4.69) is 5.32 Å². The number of anilines is 1. The highest BCUT2D eigenvalue weighted by atomic mass is 35.5. The van der Waals surface area contributed by atoms with Crippen molar-refractivity contribution >= 4 is 39.1 Å². The van der Waals surface area contributed by atoms with Crippen molar-refractivity contribution in [1.82, 2.24) is 10.2 Å². The van der Waals surface area contributed by atoms with E-state index in [1.54, 1.807) is 24.3 Å². The Bertz CT molecular complexity index is 1370. The zero-order valence-electron chi connectivity index (χ0n) is 23.0. The van der Waals surface area contributed by atoms with Gasteiger partial charge in [0.25, 0.3) is 10.0 Å². The molecule has 0 aliphatic carbocycles. The van der Waals surface area contributed by atoms with Gasteiger partial charge in [0.15, 0.2) is 0 Å². The van der Waals surface area contributed by atoms with Gasteiger partial charge in [0.05, 0.1) is 10.6 Å². The molecule has 208 valence electrons. The molecule has 9 heteroatoms. The molecule has 0 heterocycles. The van der Waals surface area contributed by atoms with Gasteiger partial charge in [-0.3, -0.25) is 13.9 Å². The topological polar surface area (TPSA) is 86.8 Å². The normalized spacial score (nSPS) is 12.2. The van der Waals surface area contributed by atoms with Crippen LogP contribution in [0.5, 0.6) is 0 Å². The minimum absolute atomic E-state index is 0.00921. The van der Waals surface area contributed by atoms with Gasteiger partial charge < -0.3 is 10.2 Å². The summed E-state index contributed by atoms with van der Waals surface area (Å²) in [6.45, 7) is 9.09. The van der Waals surface area contributed by atoms with Crippen molar-refractivity contribution in [2.75, 3.05) is 10.8 Å². The predicted octanol–water partition coefficient (Wildman–Crippen LogP) is 5.48. The van der Waals surface area contributed by atoms with Gasteiger partial charge in [-0.2, -0.15) is 0 Å². The van der Waals surface area contributed by atoms with E-state index in [4.69, 9.17) is 11.6 Å². The maximum absolute atomic E-state index is 14.0. The van der Waals surface area contributed by atoms with E-state index in [0.717, 1.165) is 21.0 Å². The van der Waals surface area contributed by atoms with Crippen LogP contribution in [0, 0.1) is 13.8 Å². The Labute approximate surface area is 236 Å². The molecule has 0 aromatic heterocycles. The monoisotopic (exact) mass is 569 g/mol. The SMILES string of the molecule is CCC(C(=O)NC(C)C)N(Cc1ccc(C)cc1)C(=O)CN(c1ccc(C)cc1)S(=O)(=O)c1ccc(Cl)cc1. The number of carbonyl (C=O) groups excluding carboxylic acids is 2. The summed E-state index contributed by atoms with van der Waals surface area (Å²) in [6, 6.07) is 19.6. The first-order valence-electron chi connectivity index (χ1n) is 12.9. The van der Waals surface area contributed by atoms with Crippen LogP contribution in [0.2, 0.25) is 5.02 Å². The first-order chi connectivity index (χ1) is 18.4. The number of hydrogen-bond acceptors (Lipinski definition) is 4. The number of amides is 2. The second kappa shape index (κ2) is 13.1. The molecule has 7 nitrogen and oxygen atoms in total. The molecular formula is C30H36ClN3O4S. The average molecular weight is 570 g/mol. The minimum Gasteiger partial charge on any atom is -0.352 e. The molecule has 0 saturated carbocycles. The summed E-state index contributed by atoms with van der Waals surface area (Å²) in [7, 11) is -4.14. The maximum atomic E-state index is 14.0. The smallest absolute Gasteiger partial charge is 0.264 e. The molecule has 0 saturated heterocycles. The maximum Gasteiger partial charge on any atom is 0.264 e. The van der Waals surface area contributed by atoms with E-state index in [-0.39, 0.29) is 23.4 Å². The molecule has 0 bridgehead atoms. The van der Waals surface area contributed by atoms with Crippen LogP contribution in [-0.2, 0) is 26.2 Å². The number of nitrogens with one attached hydrogen (secondary N) is 1. The van der Waals surface area contributed by atoms with Crippen LogP contribution < -0.4 is 9.62 Å². The number of aryl methyl sites for hydroxylation is 2. The molecule has 0 radical (unpaired) electrons. The lowest BCUT2D eigenvalue weighted by molar-refractivity contribution is -0.140. The van der Waals surface area contributed by atoms with Gasteiger partial charge in [-0.05, 0) is 76.1 Å². The Balaban J connectivity index is 2.05. The van der Waals surface area contributed by atoms with Crippen molar-refractivity contribution in [3.8, 4) is 0 Å². The Hall–Kier alpha value is -3.36. The second-order valence-electron chi connectivity index (χ2n) is 9.90. The lowest BCUT2D eigenvalue weighted by Crippen LogP contribution is -2.53. The zero-order valence-corrected chi connectivity index (χ0v) is 24.6. The fourth-order valence-corrected chi connectivity index (χ4v) is 5.70. The van der Waals surface area contributed by atoms with Crippen LogP contribution >= 0.6 is 11.6 Å².